The van der Waals surface area contributed by atoms with Crippen LogP contribution in [0.2, 0.25) is 0 Å². The maximum absolute atomic E-state index is 11.6. The van der Waals surface area contributed by atoms with Gasteiger partial charge in [0.15, 0.2) is 0 Å². The number of anilines is 1. The number of rotatable bonds is 1. The van der Waals surface area contributed by atoms with Crippen LogP contribution in [-0.4, -0.2) is 27.6 Å². The summed E-state index contributed by atoms with van der Waals surface area (Å²) in [6, 6.07) is 0. The van der Waals surface area contributed by atoms with E-state index in [0.717, 1.165) is 11.4 Å². The van der Waals surface area contributed by atoms with Crippen LogP contribution in [0.1, 0.15) is 12.1 Å². The van der Waals surface area contributed by atoms with E-state index < -0.39 is 0 Å². The third-order valence-electron chi connectivity index (χ3n) is 2.58. The van der Waals surface area contributed by atoms with Gasteiger partial charge in [0.1, 0.15) is 0 Å². The fraction of sp³-hybridized carbons (Fsp3) is 0.556. The van der Waals surface area contributed by atoms with E-state index in [-0.39, 0.29) is 11.3 Å². The third kappa shape index (κ3) is 1.39. The lowest BCUT2D eigenvalue weighted by Crippen LogP contribution is -2.25. The monoisotopic (exact) mass is 213 g/mol. The summed E-state index contributed by atoms with van der Waals surface area (Å²) in [6.45, 7) is 2.53. The van der Waals surface area contributed by atoms with E-state index in [0.29, 0.717) is 13.0 Å². The highest BCUT2D eigenvalue weighted by Gasteiger charge is 2.30. The quantitative estimate of drug-likeness (QED) is 0.655. The summed E-state index contributed by atoms with van der Waals surface area (Å²) in [6.07, 6.45) is 2.14. The van der Waals surface area contributed by atoms with E-state index in [1.165, 1.54) is 0 Å². The Morgan fingerprint density at radius 1 is 1.64 bits per heavy atom. The Balaban J connectivity index is 2.32. The largest absolute Gasteiger partial charge is 0.308 e. The zero-order chi connectivity index (χ0) is 10.3. The first kappa shape index (κ1) is 9.52. The van der Waals surface area contributed by atoms with Gasteiger partial charge in [0, 0.05) is 20.0 Å². The van der Waals surface area contributed by atoms with Gasteiger partial charge in [-0.15, -0.1) is 11.6 Å². The highest BCUT2D eigenvalue weighted by Crippen LogP contribution is 2.26. The number of carbonyl (C=O) groups is 1. The number of alkyl halides is 1. The molecule has 0 radical (unpaired) electrons. The Bertz CT molecular complexity index is 374. The van der Waals surface area contributed by atoms with Gasteiger partial charge in [0.25, 0.3) is 0 Å². The van der Waals surface area contributed by atoms with Crippen molar-refractivity contribution >= 4 is 23.2 Å². The van der Waals surface area contributed by atoms with Gasteiger partial charge in [0.05, 0.1) is 23.0 Å². The third-order valence-corrected chi connectivity index (χ3v) is 2.87. The molecule has 2 heterocycles. The van der Waals surface area contributed by atoms with Crippen LogP contribution in [0.4, 0.5) is 5.69 Å². The van der Waals surface area contributed by atoms with Crippen molar-refractivity contribution in [3.05, 3.63) is 11.9 Å². The molecule has 2 rings (SSSR count). The predicted octanol–water partition coefficient (Wildman–Crippen LogP) is 1.07. The summed E-state index contributed by atoms with van der Waals surface area (Å²) >= 11 is 5.92. The molecule has 4 nitrogen and oxygen atoms in total. The predicted molar refractivity (Wildman–Crippen MR) is 54.6 cm³/mol. The minimum Gasteiger partial charge on any atom is -0.308 e. The number of amides is 1. The molecule has 5 heteroatoms. The summed E-state index contributed by atoms with van der Waals surface area (Å²) in [5, 5.41) is 4.03. The molecule has 1 aromatic rings. The summed E-state index contributed by atoms with van der Waals surface area (Å²) in [5.41, 5.74) is 1.87. The molecule has 0 spiro atoms. The van der Waals surface area contributed by atoms with Gasteiger partial charge in [-0.05, 0) is 6.92 Å². The second-order valence-corrected chi connectivity index (χ2v) is 4.16. The number of halogens is 1. The molecule has 1 saturated heterocycles. The fourth-order valence-corrected chi connectivity index (χ4v) is 1.92. The van der Waals surface area contributed by atoms with Crippen molar-refractivity contribution in [2.45, 2.75) is 18.7 Å². The molecule has 1 fully saturated rings. The molecule has 1 unspecified atom stereocenters. The Kier molecular flexibility index (Phi) is 2.23. The second kappa shape index (κ2) is 3.28. The molecule has 1 aliphatic heterocycles. The van der Waals surface area contributed by atoms with Gasteiger partial charge in [-0.3, -0.25) is 9.48 Å². The lowest BCUT2D eigenvalue weighted by molar-refractivity contribution is -0.117. The summed E-state index contributed by atoms with van der Waals surface area (Å²) < 4.78 is 1.75. The van der Waals surface area contributed by atoms with Crippen molar-refractivity contribution in [2.75, 3.05) is 11.4 Å². The minimum atomic E-state index is -0.0675. The van der Waals surface area contributed by atoms with E-state index >= 15 is 0 Å². The fourth-order valence-electron chi connectivity index (χ4n) is 1.65. The second-order valence-electron chi connectivity index (χ2n) is 3.54. The smallest absolute Gasteiger partial charge is 0.228 e. The molecule has 14 heavy (non-hydrogen) atoms. The molecule has 1 aromatic heterocycles. The topological polar surface area (TPSA) is 38.1 Å². The Hall–Kier alpha value is -1.03. The first-order valence-electron chi connectivity index (χ1n) is 4.52. The molecule has 0 saturated carbocycles. The zero-order valence-corrected chi connectivity index (χ0v) is 8.95. The Labute approximate surface area is 87.4 Å². The number of hydrogen-bond acceptors (Lipinski definition) is 2. The van der Waals surface area contributed by atoms with Crippen molar-refractivity contribution in [1.82, 2.24) is 9.78 Å². The van der Waals surface area contributed by atoms with Crippen LogP contribution in [0.25, 0.3) is 0 Å². The van der Waals surface area contributed by atoms with Gasteiger partial charge in [-0.1, -0.05) is 0 Å². The zero-order valence-electron chi connectivity index (χ0n) is 8.20. The number of carbonyl (C=O) groups excluding carboxylic acids is 1. The molecule has 1 atom stereocenters. The number of nitrogens with zero attached hydrogens (tertiary/aromatic N) is 3. The van der Waals surface area contributed by atoms with Gasteiger partial charge in [0.2, 0.25) is 5.91 Å². The van der Waals surface area contributed by atoms with Crippen LogP contribution in [0, 0.1) is 6.92 Å². The highest BCUT2D eigenvalue weighted by atomic mass is 35.5. The van der Waals surface area contributed by atoms with E-state index in [1.54, 1.807) is 15.8 Å². The summed E-state index contributed by atoms with van der Waals surface area (Å²) in [5.74, 6) is 0.0844. The van der Waals surface area contributed by atoms with Crippen LogP contribution in [0.5, 0.6) is 0 Å². The molecule has 1 aliphatic rings. The molecule has 0 N–H and O–H groups in total. The summed E-state index contributed by atoms with van der Waals surface area (Å²) in [7, 11) is 1.86. The maximum Gasteiger partial charge on any atom is 0.228 e. The van der Waals surface area contributed by atoms with Crippen LogP contribution >= 0.6 is 11.6 Å². The minimum absolute atomic E-state index is 0.0675. The first-order valence-corrected chi connectivity index (χ1v) is 4.96. The highest BCUT2D eigenvalue weighted by molar-refractivity contribution is 6.24. The van der Waals surface area contributed by atoms with Crippen molar-refractivity contribution in [3.63, 3.8) is 0 Å². The van der Waals surface area contributed by atoms with Crippen molar-refractivity contribution in [3.8, 4) is 0 Å². The van der Waals surface area contributed by atoms with Gasteiger partial charge >= 0.3 is 0 Å². The van der Waals surface area contributed by atoms with Crippen molar-refractivity contribution in [1.29, 1.82) is 0 Å². The van der Waals surface area contributed by atoms with Crippen LogP contribution in [0.15, 0.2) is 6.20 Å². The lowest BCUT2D eigenvalue weighted by atomic mass is 10.3. The standard InChI is InChI=1S/C9H12ClN3O/c1-6-8(4-11-12(6)2)13-5-7(10)3-9(13)14/h4,7H,3,5H2,1-2H3. The normalized spacial score (nSPS) is 22.1. The molecular formula is C9H12ClN3O. The van der Waals surface area contributed by atoms with Crippen molar-refractivity contribution < 1.29 is 4.79 Å². The van der Waals surface area contributed by atoms with E-state index in [1.807, 2.05) is 14.0 Å². The van der Waals surface area contributed by atoms with Crippen LogP contribution < -0.4 is 4.90 Å². The molecule has 0 bridgehead atoms. The Morgan fingerprint density at radius 3 is 2.79 bits per heavy atom. The van der Waals surface area contributed by atoms with E-state index in [9.17, 15) is 4.79 Å². The van der Waals surface area contributed by atoms with Gasteiger partial charge in [-0.25, -0.2) is 0 Å². The van der Waals surface area contributed by atoms with Crippen LogP contribution in [0.3, 0.4) is 0 Å². The van der Waals surface area contributed by atoms with Crippen molar-refractivity contribution in [2.24, 2.45) is 7.05 Å². The molecular weight excluding hydrogens is 202 g/mol. The van der Waals surface area contributed by atoms with Gasteiger partial charge in [-0.2, -0.15) is 5.10 Å². The molecule has 1 amide bonds. The number of aryl methyl sites for hydroxylation is 1. The SMILES string of the molecule is Cc1c(N2CC(Cl)CC2=O)cnn1C. The Morgan fingerprint density at radius 2 is 2.36 bits per heavy atom. The number of aromatic nitrogens is 2. The van der Waals surface area contributed by atoms with E-state index in [4.69, 9.17) is 11.6 Å². The molecule has 0 aromatic carbocycles. The van der Waals surface area contributed by atoms with Crippen LogP contribution in [-0.2, 0) is 11.8 Å². The molecule has 76 valence electrons. The maximum atomic E-state index is 11.6. The van der Waals surface area contributed by atoms with Gasteiger partial charge < -0.3 is 4.90 Å². The number of hydrogen-bond donors (Lipinski definition) is 0. The summed E-state index contributed by atoms with van der Waals surface area (Å²) in [4.78, 5) is 13.3. The first-order chi connectivity index (χ1) is 6.59. The average molecular weight is 214 g/mol. The van der Waals surface area contributed by atoms with E-state index in [2.05, 4.69) is 5.10 Å². The average Bonchev–Trinajstić information content (AvgIpc) is 2.59. The molecule has 0 aliphatic carbocycles. The lowest BCUT2D eigenvalue weighted by Gasteiger charge is -2.14.